The first-order valence-electron chi connectivity index (χ1n) is 5.37. The summed E-state index contributed by atoms with van der Waals surface area (Å²) in [5.41, 5.74) is -0.733. The van der Waals surface area contributed by atoms with Crippen LogP contribution in [0.2, 0.25) is 0 Å². The number of hydrogen-bond donors (Lipinski definition) is 1. The van der Waals surface area contributed by atoms with Gasteiger partial charge in [-0.1, -0.05) is 15.9 Å². The number of thiazole rings is 1. The van der Waals surface area contributed by atoms with Gasteiger partial charge < -0.3 is 0 Å². The Kier molecular flexibility index (Phi) is 4.14. The van der Waals surface area contributed by atoms with Crippen molar-refractivity contribution in [2.45, 2.75) is 13.1 Å². The molecule has 1 N–H and O–H groups in total. The summed E-state index contributed by atoms with van der Waals surface area (Å²) in [7, 11) is 0. The molecule has 1 aromatic carbocycles. The lowest BCUT2D eigenvalue weighted by Gasteiger charge is -2.12. The van der Waals surface area contributed by atoms with Gasteiger partial charge in [0.1, 0.15) is 0 Å². The van der Waals surface area contributed by atoms with Gasteiger partial charge in [-0.05, 0) is 25.1 Å². The molecule has 106 valence electrons. The van der Waals surface area contributed by atoms with E-state index in [1.54, 1.807) is 12.3 Å². The lowest BCUT2D eigenvalue weighted by Crippen LogP contribution is -2.18. The molecule has 0 spiro atoms. The van der Waals surface area contributed by atoms with E-state index in [1.807, 2.05) is 0 Å². The maximum Gasteiger partial charge on any atom is 0.417 e. The standard InChI is InChI=1S/C12H8BrF3N2OS/c1-6-5-20-11(17-6)18-10(19)8-3-2-7(13)4-9(8)12(14,15)16/h2-5H,1H3,(H,17,18,19). The Morgan fingerprint density at radius 2 is 2.10 bits per heavy atom. The molecule has 0 atom stereocenters. The van der Waals surface area contributed by atoms with E-state index in [-0.39, 0.29) is 9.60 Å². The molecular formula is C12H8BrF3N2OS. The molecule has 0 radical (unpaired) electrons. The fourth-order valence-electron chi connectivity index (χ4n) is 1.52. The van der Waals surface area contributed by atoms with Crippen molar-refractivity contribution in [1.82, 2.24) is 4.98 Å². The van der Waals surface area contributed by atoms with Gasteiger partial charge >= 0.3 is 6.18 Å². The van der Waals surface area contributed by atoms with Crippen LogP contribution in [0.3, 0.4) is 0 Å². The van der Waals surface area contributed by atoms with E-state index >= 15 is 0 Å². The maximum absolute atomic E-state index is 12.9. The fourth-order valence-corrected chi connectivity index (χ4v) is 2.57. The van der Waals surface area contributed by atoms with E-state index in [0.29, 0.717) is 5.69 Å². The monoisotopic (exact) mass is 364 g/mol. The van der Waals surface area contributed by atoms with Gasteiger partial charge in [0.2, 0.25) is 0 Å². The molecule has 0 aliphatic rings. The Labute approximate surface area is 125 Å². The van der Waals surface area contributed by atoms with Crippen LogP contribution in [0.15, 0.2) is 28.1 Å². The summed E-state index contributed by atoms with van der Waals surface area (Å²) in [5, 5.41) is 4.33. The molecular weight excluding hydrogens is 357 g/mol. The normalized spacial score (nSPS) is 11.4. The molecule has 0 aliphatic heterocycles. The number of anilines is 1. The fraction of sp³-hybridized carbons (Fsp3) is 0.167. The van der Waals surface area contributed by atoms with E-state index in [9.17, 15) is 18.0 Å². The molecule has 2 rings (SSSR count). The van der Waals surface area contributed by atoms with Crippen LogP contribution in [0.4, 0.5) is 18.3 Å². The van der Waals surface area contributed by atoms with Crippen molar-refractivity contribution in [2.24, 2.45) is 0 Å². The predicted molar refractivity (Wildman–Crippen MR) is 73.9 cm³/mol. The summed E-state index contributed by atoms with van der Waals surface area (Å²) < 4.78 is 39.0. The van der Waals surface area contributed by atoms with E-state index in [2.05, 4.69) is 26.2 Å². The summed E-state index contributed by atoms with van der Waals surface area (Å²) >= 11 is 4.12. The second kappa shape index (κ2) is 5.53. The highest BCUT2D eigenvalue weighted by Crippen LogP contribution is 2.34. The maximum atomic E-state index is 12.9. The van der Waals surface area contributed by atoms with Crippen LogP contribution in [0, 0.1) is 6.92 Å². The average molecular weight is 365 g/mol. The molecule has 3 nitrogen and oxygen atoms in total. The first-order chi connectivity index (χ1) is 9.27. The Balaban J connectivity index is 2.34. The molecule has 0 unspecified atom stereocenters. The van der Waals surface area contributed by atoms with Crippen molar-refractivity contribution in [1.29, 1.82) is 0 Å². The number of halogens is 4. The Morgan fingerprint density at radius 3 is 2.65 bits per heavy atom. The number of nitrogens with zero attached hydrogens (tertiary/aromatic N) is 1. The van der Waals surface area contributed by atoms with Gasteiger partial charge in [0, 0.05) is 9.85 Å². The minimum absolute atomic E-state index is 0.256. The zero-order valence-electron chi connectivity index (χ0n) is 10.1. The van der Waals surface area contributed by atoms with E-state index in [4.69, 9.17) is 0 Å². The number of hydrogen-bond acceptors (Lipinski definition) is 3. The molecule has 1 amide bonds. The zero-order chi connectivity index (χ0) is 14.9. The summed E-state index contributed by atoms with van der Waals surface area (Å²) in [6.45, 7) is 1.73. The number of nitrogens with one attached hydrogen (secondary N) is 1. The summed E-state index contributed by atoms with van der Waals surface area (Å²) in [6, 6.07) is 3.39. The highest BCUT2D eigenvalue weighted by Gasteiger charge is 2.35. The Hall–Kier alpha value is -1.41. The molecule has 20 heavy (non-hydrogen) atoms. The second-order valence-corrected chi connectivity index (χ2v) is 5.71. The minimum Gasteiger partial charge on any atom is -0.298 e. The lowest BCUT2D eigenvalue weighted by molar-refractivity contribution is -0.137. The van der Waals surface area contributed by atoms with E-state index < -0.39 is 23.2 Å². The van der Waals surface area contributed by atoms with Crippen LogP contribution in [-0.2, 0) is 6.18 Å². The van der Waals surface area contributed by atoms with Crippen molar-refractivity contribution >= 4 is 38.3 Å². The SMILES string of the molecule is Cc1csc(NC(=O)c2ccc(Br)cc2C(F)(F)F)n1. The molecule has 0 fully saturated rings. The summed E-state index contributed by atoms with van der Waals surface area (Å²) in [5.74, 6) is -0.834. The van der Waals surface area contributed by atoms with Crippen molar-refractivity contribution < 1.29 is 18.0 Å². The van der Waals surface area contributed by atoms with Crippen molar-refractivity contribution in [3.8, 4) is 0 Å². The van der Waals surface area contributed by atoms with E-state index in [0.717, 1.165) is 23.5 Å². The third-order valence-electron chi connectivity index (χ3n) is 2.37. The van der Waals surface area contributed by atoms with Crippen molar-refractivity contribution in [2.75, 3.05) is 5.32 Å². The Bertz CT molecular complexity index is 654. The van der Waals surface area contributed by atoms with Crippen LogP contribution in [0.5, 0.6) is 0 Å². The quantitative estimate of drug-likeness (QED) is 0.853. The molecule has 1 aromatic heterocycles. The zero-order valence-corrected chi connectivity index (χ0v) is 12.5. The van der Waals surface area contributed by atoms with Crippen LogP contribution >= 0.6 is 27.3 Å². The van der Waals surface area contributed by atoms with Gasteiger partial charge in [-0.3, -0.25) is 10.1 Å². The number of carbonyl (C=O) groups excluding carboxylic acids is 1. The highest BCUT2D eigenvalue weighted by molar-refractivity contribution is 9.10. The summed E-state index contributed by atoms with van der Waals surface area (Å²) in [6.07, 6.45) is -4.60. The van der Waals surface area contributed by atoms with Crippen LogP contribution in [0.1, 0.15) is 21.6 Å². The number of benzene rings is 1. The average Bonchev–Trinajstić information content (AvgIpc) is 2.73. The van der Waals surface area contributed by atoms with Gasteiger partial charge in [-0.2, -0.15) is 13.2 Å². The summed E-state index contributed by atoms with van der Waals surface area (Å²) in [4.78, 5) is 15.9. The van der Waals surface area contributed by atoms with Crippen LogP contribution < -0.4 is 5.32 Å². The molecule has 1 heterocycles. The number of rotatable bonds is 2. The smallest absolute Gasteiger partial charge is 0.298 e. The Morgan fingerprint density at radius 1 is 1.40 bits per heavy atom. The number of aromatic nitrogens is 1. The van der Waals surface area contributed by atoms with Gasteiger partial charge in [-0.15, -0.1) is 11.3 Å². The number of amides is 1. The third kappa shape index (κ3) is 3.37. The highest BCUT2D eigenvalue weighted by atomic mass is 79.9. The first kappa shape index (κ1) is 15.0. The second-order valence-electron chi connectivity index (χ2n) is 3.94. The lowest BCUT2D eigenvalue weighted by atomic mass is 10.1. The molecule has 2 aromatic rings. The first-order valence-corrected chi connectivity index (χ1v) is 7.05. The molecule has 0 aliphatic carbocycles. The van der Waals surface area contributed by atoms with Gasteiger partial charge in [0.05, 0.1) is 16.8 Å². The number of aryl methyl sites for hydroxylation is 1. The third-order valence-corrected chi connectivity index (χ3v) is 3.74. The molecule has 0 saturated carbocycles. The topological polar surface area (TPSA) is 42.0 Å². The predicted octanol–water partition coefficient (Wildman–Crippen LogP) is 4.49. The molecule has 8 heteroatoms. The van der Waals surface area contributed by atoms with Gasteiger partial charge in [0.15, 0.2) is 5.13 Å². The molecule has 0 saturated heterocycles. The largest absolute Gasteiger partial charge is 0.417 e. The van der Waals surface area contributed by atoms with Crippen molar-refractivity contribution in [3.63, 3.8) is 0 Å². The number of alkyl halides is 3. The van der Waals surface area contributed by atoms with Gasteiger partial charge in [0.25, 0.3) is 5.91 Å². The van der Waals surface area contributed by atoms with Crippen molar-refractivity contribution in [3.05, 3.63) is 44.9 Å². The van der Waals surface area contributed by atoms with E-state index in [1.165, 1.54) is 6.07 Å². The van der Waals surface area contributed by atoms with Crippen LogP contribution in [-0.4, -0.2) is 10.9 Å². The molecule has 0 bridgehead atoms. The number of carbonyl (C=O) groups is 1. The minimum atomic E-state index is -4.60. The van der Waals surface area contributed by atoms with Gasteiger partial charge in [-0.25, -0.2) is 4.98 Å². The van der Waals surface area contributed by atoms with Crippen LogP contribution in [0.25, 0.3) is 0 Å².